The molecule has 0 spiro atoms. The third-order valence-electron chi connectivity index (χ3n) is 13.6. The van der Waals surface area contributed by atoms with Gasteiger partial charge in [0.1, 0.15) is 5.75 Å². The second-order valence-corrected chi connectivity index (χ2v) is 25.3. The number of rotatable bonds is 12. The minimum absolute atomic E-state index is 0.00788. The van der Waals surface area contributed by atoms with E-state index in [1.54, 1.807) is 0 Å². The van der Waals surface area contributed by atoms with Gasteiger partial charge in [0.25, 0.3) is 0 Å². The molecule has 0 aliphatic rings. The quantitative estimate of drug-likeness (QED) is 0.0901. The molecule has 7 rings (SSSR count). The van der Waals surface area contributed by atoms with Crippen molar-refractivity contribution in [2.24, 2.45) is 0 Å². The fraction of sp³-hybridized carbons (Fsp3) is 0.365. The minimum Gasteiger partial charge on any atom is -0.376 e. The Morgan fingerprint density at radius 1 is 0.417 bits per heavy atom. The maximum Gasteiger partial charge on any atom is 0.534 e. The van der Waals surface area contributed by atoms with E-state index in [4.69, 9.17) is 9.97 Å². The molecule has 378 valence electrons. The van der Waals surface area contributed by atoms with Crippen molar-refractivity contribution in [2.45, 2.75) is 150 Å². The lowest BCUT2D eigenvalue weighted by Crippen LogP contribution is -2.28. The number of alkyl halides is 3. The first-order valence-electron chi connectivity index (χ1n) is 24.9. The van der Waals surface area contributed by atoms with Crippen LogP contribution in [-0.4, -0.2) is 23.9 Å². The summed E-state index contributed by atoms with van der Waals surface area (Å²) in [5, 5.41) is 0. The highest BCUT2D eigenvalue weighted by Gasteiger charge is 2.48. The van der Waals surface area contributed by atoms with E-state index in [-0.39, 0.29) is 27.4 Å². The Hall–Kier alpha value is -6.06. The summed E-state index contributed by atoms with van der Waals surface area (Å²) < 4.78 is 69.5. The van der Waals surface area contributed by atoms with E-state index in [1.807, 2.05) is 67.0 Å². The van der Waals surface area contributed by atoms with Crippen LogP contribution < -0.4 is 4.18 Å². The molecule has 0 aliphatic heterocycles. The molecule has 72 heavy (non-hydrogen) atoms. The monoisotopic (exact) mass is 993 g/mol. The summed E-state index contributed by atoms with van der Waals surface area (Å²) in [6, 6.07) is 38.9. The zero-order valence-corrected chi connectivity index (χ0v) is 45.4. The van der Waals surface area contributed by atoms with E-state index < -0.39 is 15.6 Å². The normalized spacial score (nSPS) is 12.8. The van der Waals surface area contributed by atoms with Gasteiger partial charge in [0.2, 0.25) is 0 Å². The van der Waals surface area contributed by atoms with E-state index in [0.29, 0.717) is 36.8 Å². The third-order valence-corrected chi connectivity index (χ3v) is 14.6. The van der Waals surface area contributed by atoms with Crippen molar-refractivity contribution in [2.75, 3.05) is 0 Å². The number of hydrogen-bond acceptors (Lipinski definition) is 5. The highest BCUT2D eigenvalue weighted by Crippen LogP contribution is 2.38. The topological polar surface area (TPSA) is 69.2 Å². The molecule has 5 nitrogen and oxygen atoms in total. The lowest BCUT2D eigenvalue weighted by Gasteiger charge is -2.26. The number of aromatic nitrogens is 2. The van der Waals surface area contributed by atoms with E-state index in [9.17, 15) is 21.6 Å². The first kappa shape index (κ1) is 53.7. The fourth-order valence-electron chi connectivity index (χ4n) is 8.83. The molecule has 0 atom stereocenters. The fourth-order valence-corrected chi connectivity index (χ4v) is 9.28. The van der Waals surface area contributed by atoms with Crippen LogP contribution in [0.1, 0.15) is 139 Å². The molecule has 0 saturated heterocycles. The zero-order chi connectivity index (χ0) is 52.8. The molecule has 7 aromatic rings. The maximum atomic E-state index is 13.5. The molecule has 2 heterocycles. The van der Waals surface area contributed by atoms with Crippen molar-refractivity contribution in [1.82, 2.24) is 9.97 Å². The van der Waals surface area contributed by atoms with Gasteiger partial charge in [-0.05, 0) is 152 Å². The maximum absolute atomic E-state index is 13.5. The van der Waals surface area contributed by atoms with Gasteiger partial charge in [-0.25, -0.2) is 0 Å². The summed E-state index contributed by atoms with van der Waals surface area (Å²) in [7, 11) is -5.87. The predicted molar refractivity (Wildman–Crippen MR) is 291 cm³/mol. The summed E-state index contributed by atoms with van der Waals surface area (Å²) in [6.45, 7) is 31.1. The number of aryl methyl sites for hydroxylation is 6. The van der Waals surface area contributed by atoms with Gasteiger partial charge in [-0.3, -0.25) is 9.97 Å². The first-order valence-corrected chi connectivity index (χ1v) is 26.3. The molecule has 0 saturated carbocycles. The van der Waals surface area contributed by atoms with Gasteiger partial charge < -0.3 is 4.18 Å². The van der Waals surface area contributed by atoms with Crippen LogP contribution in [0.5, 0.6) is 5.75 Å². The molecule has 0 aliphatic carbocycles. The summed E-state index contributed by atoms with van der Waals surface area (Å²) in [6.07, 6.45) is 5.95. The van der Waals surface area contributed by atoms with Crippen LogP contribution in [-0.2, 0) is 57.5 Å². The Balaban J connectivity index is 1.06. The second kappa shape index (κ2) is 20.1. The van der Waals surface area contributed by atoms with Crippen molar-refractivity contribution in [3.8, 4) is 50.5 Å². The van der Waals surface area contributed by atoms with Gasteiger partial charge in [-0.15, -0.1) is 0 Å². The third kappa shape index (κ3) is 12.9. The molecule has 0 amide bonds. The molecule has 0 fully saturated rings. The standard InChI is InChI=1S/C63H71F3N2O3S/c1-40-27-57(67-38-55(40)48-32-50(59(3,4)5)36-51(33-48)60(6,7)8)46-23-19-42(20-24-46)15-17-44-29-45(31-54(30-44)71-72(69,70)63(64,65)66)18-16-43-21-25-47(26-22-43)58-28-41(2)56(39-68-58)49-34-52(61(9,10)11)37-53(35-49)62(12,13)14/h19-39H,15-18H2,1-14H3. The molecule has 0 bridgehead atoms. The SMILES string of the molecule is Cc1cc(-c2ccc(CCc3cc(CCc4ccc(-c5cc(C)c(-c6cc(C(C)(C)C)cc(C(C)(C)C)c6)cn5)cc4)cc(OS(=O)(=O)C(F)(F)F)c3)cc2)ncc1-c1cc(C(C)(C)C)cc(C(C)(C)C)c1. The van der Waals surface area contributed by atoms with Gasteiger partial charge in [0.05, 0.1) is 11.4 Å². The van der Waals surface area contributed by atoms with Gasteiger partial charge in [0.15, 0.2) is 0 Å². The van der Waals surface area contributed by atoms with Gasteiger partial charge in [-0.1, -0.05) is 174 Å². The number of benzene rings is 5. The van der Waals surface area contributed by atoms with Crippen LogP contribution in [0, 0.1) is 13.8 Å². The Labute approximate surface area is 427 Å². The van der Waals surface area contributed by atoms with Gasteiger partial charge in [0, 0.05) is 34.6 Å². The first-order chi connectivity index (χ1) is 33.3. The molecule has 5 aromatic carbocycles. The van der Waals surface area contributed by atoms with Crippen molar-refractivity contribution >= 4 is 10.1 Å². The highest BCUT2D eigenvalue weighted by atomic mass is 32.2. The molecule has 0 unspecified atom stereocenters. The number of halogens is 3. The lowest BCUT2D eigenvalue weighted by atomic mass is 9.78. The summed E-state index contributed by atoms with van der Waals surface area (Å²) in [5.41, 5.74) is 13.3. The largest absolute Gasteiger partial charge is 0.534 e. The lowest BCUT2D eigenvalue weighted by molar-refractivity contribution is -0.0500. The van der Waals surface area contributed by atoms with Gasteiger partial charge >= 0.3 is 15.6 Å². The number of pyridine rings is 2. The summed E-state index contributed by atoms with van der Waals surface area (Å²) in [4.78, 5) is 9.80. The van der Waals surface area contributed by atoms with Crippen LogP contribution in [0.2, 0.25) is 0 Å². The van der Waals surface area contributed by atoms with Crippen molar-refractivity contribution in [3.05, 3.63) is 183 Å². The Bertz CT molecular complexity index is 2940. The highest BCUT2D eigenvalue weighted by molar-refractivity contribution is 7.88. The molecular formula is C63H71F3N2O3S. The predicted octanol–water partition coefficient (Wildman–Crippen LogP) is 16.8. The molecule has 0 N–H and O–H groups in total. The van der Waals surface area contributed by atoms with Crippen LogP contribution in [0.15, 0.2) is 128 Å². The van der Waals surface area contributed by atoms with Crippen LogP contribution in [0.25, 0.3) is 44.8 Å². The smallest absolute Gasteiger partial charge is 0.376 e. The van der Waals surface area contributed by atoms with Crippen molar-refractivity contribution < 1.29 is 25.8 Å². The Morgan fingerprint density at radius 3 is 1.03 bits per heavy atom. The molecule has 9 heteroatoms. The summed E-state index contributed by atoms with van der Waals surface area (Å²) in [5.74, 6) is -0.361. The average molecular weight is 993 g/mol. The molecule has 0 radical (unpaired) electrons. The number of nitrogens with zero attached hydrogens (tertiary/aromatic N) is 2. The Morgan fingerprint density at radius 2 is 0.736 bits per heavy atom. The average Bonchev–Trinajstić information content (AvgIpc) is 3.28. The van der Waals surface area contributed by atoms with E-state index in [2.05, 4.69) is 150 Å². The van der Waals surface area contributed by atoms with E-state index in [1.165, 1.54) is 34.4 Å². The van der Waals surface area contributed by atoms with Crippen molar-refractivity contribution in [3.63, 3.8) is 0 Å². The zero-order valence-electron chi connectivity index (χ0n) is 44.6. The van der Waals surface area contributed by atoms with Crippen LogP contribution in [0.4, 0.5) is 13.2 Å². The van der Waals surface area contributed by atoms with Crippen LogP contribution in [0.3, 0.4) is 0 Å². The molecular weight excluding hydrogens is 922 g/mol. The minimum atomic E-state index is -5.87. The van der Waals surface area contributed by atoms with Crippen molar-refractivity contribution in [1.29, 1.82) is 0 Å². The van der Waals surface area contributed by atoms with E-state index >= 15 is 0 Å². The van der Waals surface area contributed by atoms with Crippen LogP contribution >= 0.6 is 0 Å². The Kier molecular flexibility index (Phi) is 15.0. The summed E-state index contributed by atoms with van der Waals surface area (Å²) >= 11 is 0. The number of hydrogen-bond donors (Lipinski definition) is 0. The second-order valence-electron chi connectivity index (χ2n) is 23.7. The molecule has 2 aromatic heterocycles. The van der Waals surface area contributed by atoms with Gasteiger partial charge in [-0.2, -0.15) is 21.6 Å². The van der Waals surface area contributed by atoms with E-state index in [0.717, 1.165) is 67.0 Å².